The number of nitrogens with zero attached hydrogens (tertiary/aromatic N) is 2. The first-order valence-corrected chi connectivity index (χ1v) is 8.95. The minimum atomic E-state index is -0.639. The third-order valence-electron chi connectivity index (χ3n) is 4.58. The van der Waals surface area contributed by atoms with Crippen LogP contribution >= 0.6 is 0 Å². The highest BCUT2D eigenvalue weighted by Crippen LogP contribution is 2.21. The molecule has 1 aliphatic heterocycles. The van der Waals surface area contributed by atoms with Crippen LogP contribution < -0.4 is 5.73 Å². The summed E-state index contributed by atoms with van der Waals surface area (Å²) in [7, 11) is 0. The van der Waals surface area contributed by atoms with Gasteiger partial charge in [-0.15, -0.1) is 0 Å². The van der Waals surface area contributed by atoms with Gasteiger partial charge >= 0.3 is 0 Å². The average molecular weight is 379 g/mol. The summed E-state index contributed by atoms with van der Waals surface area (Å²) in [5.41, 5.74) is 5.83. The molecule has 148 valence electrons. The molecule has 1 aromatic carbocycles. The van der Waals surface area contributed by atoms with Crippen LogP contribution in [0.4, 0.5) is 4.39 Å². The van der Waals surface area contributed by atoms with Gasteiger partial charge in [-0.2, -0.15) is 0 Å². The van der Waals surface area contributed by atoms with E-state index in [9.17, 15) is 18.8 Å². The van der Waals surface area contributed by atoms with E-state index in [-0.39, 0.29) is 49.2 Å². The SMILES string of the molecule is CC(C)C1CN(C(=O)COCC(N)=O)CCC(=O)N1Cc1ccc(F)cc1. The van der Waals surface area contributed by atoms with E-state index in [1.807, 2.05) is 13.8 Å². The predicted octanol–water partition coefficient (Wildman–Crippen LogP) is 0.913. The molecule has 0 radical (unpaired) electrons. The molecule has 1 fully saturated rings. The van der Waals surface area contributed by atoms with E-state index >= 15 is 0 Å². The summed E-state index contributed by atoms with van der Waals surface area (Å²) < 4.78 is 18.1. The average Bonchev–Trinajstić information content (AvgIpc) is 2.76. The molecule has 0 aliphatic carbocycles. The first kappa shape index (κ1) is 20.8. The topological polar surface area (TPSA) is 92.9 Å². The van der Waals surface area contributed by atoms with Gasteiger partial charge in [-0.25, -0.2) is 4.39 Å². The highest BCUT2D eigenvalue weighted by Gasteiger charge is 2.33. The Morgan fingerprint density at radius 1 is 1.26 bits per heavy atom. The first-order chi connectivity index (χ1) is 12.8. The minimum absolute atomic E-state index is 0.0496. The molecule has 0 spiro atoms. The van der Waals surface area contributed by atoms with Crippen molar-refractivity contribution in [2.24, 2.45) is 11.7 Å². The van der Waals surface area contributed by atoms with Crippen molar-refractivity contribution in [2.75, 3.05) is 26.3 Å². The van der Waals surface area contributed by atoms with E-state index in [1.54, 1.807) is 21.9 Å². The highest BCUT2D eigenvalue weighted by atomic mass is 19.1. The lowest BCUT2D eigenvalue weighted by Crippen LogP contribution is -2.47. The molecule has 1 heterocycles. The van der Waals surface area contributed by atoms with E-state index in [0.29, 0.717) is 19.6 Å². The number of nitrogens with two attached hydrogens (primary N) is 1. The number of hydrogen-bond donors (Lipinski definition) is 1. The molecule has 1 atom stereocenters. The fourth-order valence-electron chi connectivity index (χ4n) is 3.09. The van der Waals surface area contributed by atoms with Crippen LogP contribution in [-0.2, 0) is 25.7 Å². The molecule has 2 rings (SSSR count). The van der Waals surface area contributed by atoms with E-state index in [4.69, 9.17) is 10.5 Å². The largest absolute Gasteiger partial charge is 0.368 e. The zero-order valence-electron chi connectivity index (χ0n) is 15.7. The fourth-order valence-corrected chi connectivity index (χ4v) is 3.09. The summed E-state index contributed by atoms with van der Waals surface area (Å²) in [6, 6.07) is 5.88. The number of carbonyl (C=O) groups excluding carboxylic acids is 3. The fraction of sp³-hybridized carbons (Fsp3) is 0.526. The summed E-state index contributed by atoms with van der Waals surface area (Å²) in [6.07, 6.45) is 0.200. The van der Waals surface area contributed by atoms with Crippen LogP contribution in [0.15, 0.2) is 24.3 Å². The van der Waals surface area contributed by atoms with Gasteiger partial charge in [-0.1, -0.05) is 26.0 Å². The van der Waals surface area contributed by atoms with Crippen molar-refractivity contribution >= 4 is 17.7 Å². The van der Waals surface area contributed by atoms with Crippen LogP contribution in [0.25, 0.3) is 0 Å². The van der Waals surface area contributed by atoms with Gasteiger partial charge in [-0.05, 0) is 23.6 Å². The molecule has 3 amide bonds. The van der Waals surface area contributed by atoms with Gasteiger partial charge in [0, 0.05) is 26.1 Å². The number of amides is 3. The van der Waals surface area contributed by atoms with Gasteiger partial charge in [0.15, 0.2) is 0 Å². The number of ether oxygens (including phenoxy) is 1. The third-order valence-corrected chi connectivity index (χ3v) is 4.58. The van der Waals surface area contributed by atoms with E-state index in [1.165, 1.54) is 12.1 Å². The lowest BCUT2D eigenvalue weighted by Gasteiger charge is -2.34. The van der Waals surface area contributed by atoms with Crippen LogP contribution in [-0.4, -0.2) is 59.9 Å². The monoisotopic (exact) mass is 379 g/mol. The number of hydrogen-bond acceptors (Lipinski definition) is 4. The molecule has 0 aromatic heterocycles. The van der Waals surface area contributed by atoms with E-state index in [2.05, 4.69) is 0 Å². The molecular weight excluding hydrogens is 353 g/mol. The normalized spacial score (nSPS) is 17.9. The second kappa shape index (κ2) is 9.45. The number of carbonyl (C=O) groups is 3. The lowest BCUT2D eigenvalue weighted by atomic mass is 10.0. The van der Waals surface area contributed by atoms with Crippen molar-refractivity contribution in [2.45, 2.75) is 32.9 Å². The number of benzene rings is 1. The van der Waals surface area contributed by atoms with Gasteiger partial charge in [0.05, 0.1) is 6.04 Å². The first-order valence-electron chi connectivity index (χ1n) is 8.95. The van der Waals surface area contributed by atoms with Crippen molar-refractivity contribution in [1.29, 1.82) is 0 Å². The molecule has 0 saturated carbocycles. The molecular formula is C19H26FN3O4. The van der Waals surface area contributed by atoms with Crippen LogP contribution in [0.1, 0.15) is 25.8 Å². The van der Waals surface area contributed by atoms with Gasteiger partial charge in [0.1, 0.15) is 19.0 Å². The van der Waals surface area contributed by atoms with E-state index in [0.717, 1.165) is 5.56 Å². The van der Waals surface area contributed by atoms with Crippen molar-refractivity contribution in [3.63, 3.8) is 0 Å². The summed E-state index contributed by atoms with van der Waals surface area (Å²) in [4.78, 5) is 39.2. The Hall–Kier alpha value is -2.48. The Bertz CT molecular complexity index is 678. The Balaban J connectivity index is 2.10. The summed E-state index contributed by atoms with van der Waals surface area (Å²) in [5.74, 6) is -1.17. The molecule has 1 aromatic rings. The third kappa shape index (κ3) is 6.02. The maximum atomic E-state index is 13.1. The molecule has 0 bridgehead atoms. The molecule has 8 heteroatoms. The Morgan fingerprint density at radius 3 is 2.52 bits per heavy atom. The molecule has 2 N–H and O–H groups in total. The molecule has 1 aliphatic rings. The zero-order valence-corrected chi connectivity index (χ0v) is 15.7. The van der Waals surface area contributed by atoms with Crippen LogP contribution in [0.2, 0.25) is 0 Å². The summed E-state index contributed by atoms with van der Waals surface area (Å²) in [6.45, 7) is 4.45. The van der Waals surface area contributed by atoms with Crippen molar-refractivity contribution in [3.8, 4) is 0 Å². The Morgan fingerprint density at radius 2 is 1.93 bits per heavy atom. The zero-order chi connectivity index (χ0) is 20.0. The van der Waals surface area contributed by atoms with Gasteiger partial charge < -0.3 is 20.3 Å². The van der Waals surface area contributed by atoms with Crippen molar-refractivity contribution in [1.82, 2.24) is 9.80 Å². The summed E-state index contributed by atoms with van der Waals surface area (Å²) in [5, 5.41) is 0. The number of rotatable bonds is 7. The second-order valence-electron chi connectivity index (χ2n) is 7.01. The quantitative estimate of drug-likeness (QED) is 0.762. The smallest absolute Gasteiger partial charge is 0.248 e. The standard InChI is InChI=1S/C19H26FN3O4/c1-13(2)16-10-22(19(26)12-27-11-17(21)24)8-7-18(25)23(16)9-14-3-5-15(20)6-4-14/h3-6,13,16H,7-12H2,1-2H3,(H2,21,24). The van der Waals surface area contributed by atoms with Crippen molar-refractivity contribution in [3.05, 3.63) is 35.6 Å². The van der Waals surface area contributed by atoms with Gasteiger partial charge in [0.2, 0.25) is 17.7 Å². The van der Waals surface area contributed by atoms with Crippen LogP contribution in [0, 0.1) is 11.7 Å². The molecule has 1 saturated heterocycles. The molecule has 27 heavy (non-hydrogen) atoms. The van der Waals surface area contributed by atoms with Crippen LogP contribution in [0.5, 0.6) is 0 Å². The molecule has 1 unspecified atom stereocenters. The number of primary amides is 1. The lowest BCUT2D eigenvalue weighted by molar-refractivity contribution is -0.138. The maximum absolute atomic E-state index is 13.1. The van der Waals surface area contributed by atoms with E-state index < -0.39 is 5.91 Å². The maximum Gasteiger partial charge on any atom is 0.248 e. The Kier molecular flexibility index (Phi) is 7.29. The van der Waals surface area contributed by atoms with Crippen LogP contribution in [0.3, 0.4) is 0 Å². The van der Waals surface area contributed by atoms with Gasteiger partial charge in [-0.3, -0.25) is 14.4 Å². The number of halogens is 1. The molecule has 7 nitrogen and oxygen atoms in total. The highest BCUT2D eigenvalue weighted by molar-refractivity contribution is 5.81. The van der Waals surface area contributed by atoms with Gasteiger partial charge in [0.25, 0.3) is 0 Å². The second-order valence-corrected chi connectivity index (χ2v) is 7.01. The van der Waals surface area contributed by atoms with Crippen molar-refractivity contribution < 1.29 is 23.5 Å². The Labute approximate surface area is 158 Å². The predicted molar refractivity (Wildman–Crippen MR) is 96.8 cm³/mol. The minimum Gasteiger partial charge on any atom is -0.368 e. The summed E-state index contributed by atoms with van der Waals surface area (Å²) >= 11 is 0.